The molecule has 0 N–H and O–H groups in total. The molecule has 3 nitrogen and oxygen atoms in total. The van der Waals surface area contributed by atoms with Crippen molar-refractivity contribution in [2.24, 2.45) is 5.92 Å². The topological polar surface area (TPSA) is 21.7 Å². The third-order valence-corrected chi connectivity index (χ3v) is 9.57. The first-order valence-electron chi connectivity index (χ1n) is 20.7. The average molecular weight is 636 g/mol. The number of likely N-dealkylation sites (N-methyl/N-ethyl adjacent to an activating group) is 1. The first-order chi connectivity index (χ1) is 22.2. The lowest BCUT2D eigenvalue weighted by atomic mass is 9.96. The Morgan fingerprint density at radius 1 is 0.422 bits per heavy atom. The largest absolute Gasteiger partial charge is 0.380 e. The van der Waals surface area contributed by atoms with Gasteiger partial charge < -0.3 is 14.4 Å². The fourth-order valence-electron chi connectivity index (χ4n) is 6.21. The summed E-state index contributed by atoms with van der Waals surface area (Å²) in [5, 5.41) is 0. The van der Waals surface area contributed by atoms with E-state index in [0.29, 0.717) is 0 Å². The predicted molar refractivity (Wildman–Crippen MR) is 203 cm³/mol. The van der Waals surface area contributed by atoms with E-state index in [2.05, 4.69) is 44.9 Å². The molecule has 0 aromatic heterocycles. The van der Waals surface area contributed by atoms with Crippen molar-refractivity contribution >= 4 is 0 Å². The summed E-state index contributed by atoms with van der Waals surface area (Å²) in [4.78, 5) is 2.34. The van der Waals surface area contributed by atoms with Crippen LogP contribution in [0.4, 0.5) is 0 Å². The van der Waals surface area contributed by atoms with Gasteiger partial charge in [0.15, 0.2) is 0 Å². The fraction of sp³-hybridized carbons (Fsp3) is 0.952. The first-order valence-corrected chi connectivity index (χ1v) is 20.7. The van der Waals surface area contributed by atoms with E-state index in [0.717, 1.165) is 45.4 Å². The SMILES string of the molecule is CCCCCCCC/C=C\CCCCCCCCOCCN(C)CCOCCCCCCCCCC(C)CCCCCCCC. The van der Waals surface area contributed by atoms with Gasteiger partial charge in [0, 0.05) is 26.3 Å². The van der Waals surface area contributed by atoms with Crippen LogP contribution in [0.15, 0.2) is 12.2 Å². The molecule has 0 saturated heterocycles. The highest BCUT2D eigenvalue weighted by Crippen LogP contribution is 2.18. The quantitative estimate of drug-likeness (QED) is 0.0495. The van der Waals surface area contributed by atoms with Crippen molar-refractivity contribution in [3.8, 4) is 0 Å². The Kier molecular flexibility index (Phi) is 39.5. The molecule has 0 aliphatic rings. The number of allylic oxidation sites excluding steroid dienone is 2. The highest BCUT2D eigenvalue weighted by molar-refractivity contribution is 4.81. The molecule has 0 bridgehead atoms. The minimum Gasteiger partial charge on any atom is -0.380 e. The number of unbranched alkanes of at least 4 members (excludes halogenated alkanes) is 23. The Morgan fingerprint density at radius 2 is 0.756 bits per heavy atom. The van der Waals surface area contributed by atoms with Crippen molar-refractivity contribution in [1.82, 2.24) is 4.90 Å². The van der Waals surface area contributed by atoms with Gasteiger partial charge in [-0.25, -0.2) is 0 Å². The van der Waals surface area contributed by atoms with Gasteiger partial charge in [-0.1, -0.05) is 181 Å². The second-order valence-electron chi connectivity index (χ2n) is 14.4. The van der Waals surface area contributed by atoms with Crippen molar-refractivity contribution < 1.29 is 9.47 Å². The molecule has 270 valence electrons. The zero-order valence-electron chi connectivity index (χ0n) is 31.7. The van der Waals surface area contributed by atoms with Crippen LogP contribution < -0.4 is 0 Å². The summed E-state index contributed by atoms with van der Waals surface area (Å²) in [5.41, 5.74) is 0. The summed E-state index contributed by atoms with van der Waals surface area (Å²) in [7, 11) is 2.19. The molecule has 0 fully saturated rings. The Labute approximate surface area is 285 Å². The van der Waals surface area contributed by atoms with Crippen molar-refractivity contribution in [1.29, 1.82) is 0 Å². The van der Waals surface area contributed by atoms with Gasteiger partial charge in [0.25, 0.3) is 0 Å². The molecular formula is C42H85NO2. The van der Waals surface area contributed by atoms with E-state index in [9.17, 15) is 0 Å². The van der Waals surface area contributed by atoms with Crippen molar-refractivity contribution in [2.45, 2.75) is 207 Å². The summed E-state index contributed by atoms with van der Waals surface area (Å²) >= 11 is 0. The molecule has 0 heterocycles. The molecular weight excluding hydrogens is 550 g/mol. The van der Waals surface area contributed by atoms with Gasteiger partial charge >= 0.3 is 0 Å². The lowest BCUT2D eigenvalue weighted by Crippen LogP contribution is -2.27. The molecule has 0 rings (SSSR count). The van der Waals surface area contributed by atoms with Crippen LogP contribution >= 0.6 is 0 Å². The van der Waals surface area contributed by atoms with E-state index in [1.54, 1.807) is 0 Å². The Hall–Kier alpha value is -0.380. The maximum atomic E-state index is 5.89. The van der Waals surface area contributed by atoms with E-state index in [-0.39, 0.29) is 0 Å². The zero-order valence-corrected chi connectivity index (χ0v) is 31.7. The van der Waals surface area contributed by atoms with Gasteiger partial charge in [-0.3, -0.25) is 0 Å². The smallest absolute Gasteiger partial charge is 0.0593 e. The number of rotatable bonds is 39. The molecule has 0 aromatic rings. The Bertz CT molecular complexity index is 551. The molecule has 45 heavy (non-hydrogen) atoms. The van der Waals surface area contributed by atoms with Crippen LogP contribution in [0.3, 0.4) is 0 Å². The van der Waals surface area contributed by atoms with Crippen LogP contribution in [0, 0.1) is 5.92 Å². The summed E-state index contributed by atoms with van der Waals surface area (Å²) in [6.45, 7) is 12.6. The van der Waals surface area contributed by atoms with Crippen molar-refractivity contribution in [3.63, 3.8) is 0 Å². The van der Waals surface area contributed by atoms with Crippen LogP contribution in [0.1, 0.15) is 207 Å². The van der Waals surface area contributed by atoms with E-state index in [4.69, 9.17) is 9.47 Å². The standard InChI is InChI=1S/C42H85NO2/c1-5-7-9-11-13-14-15-16-17-18-19-20-21-24-28-32-38-44-40-36-43(4)37-41-45-39-33-29-25-22-23-27-31-35-42(3)34-30-26-12-10-8-6-2/h16-17,42H,5-15,18-41H2,1-4H3/b17-16-. The van der Waals surface area contributed by atoms with E-state index >= 15 is 0 Å². The van der Waals surface area contributed by atoms with Crippen LogP contribution in [0.5, 0.6) is 0 Å². The summed E-state index contributed by atoms with van der Waals surface area (Å²) in [6, 6.07) is 0. The summed E-state index contributed by atoms with van der Waals surface area (Å²) in [5.74, 6) is 0.937. The minimum absolute atomic E-state index is 0.847. The van der Waals surface area contributed by atoms with Crippen LogP contribution in [0.2, 0.25) is 0 Å². The van der Waals surface area contributed by atoms with Crippen molar-refractivity contribution in [3.05, 3.63) is 12.2 Å². The maximum absolute atomic E-state index is 5.89. The normalized spacial score (nSPS) is 12.6. The molecule has 3 heteroatoms. The molecule has 0 spiro atoms. The molecule has 1 unspecified atom stereocenters. The maximum Gasteiger partial charge on any atom is 0.0593 e. The number of nitrogens with zero attached hydrogens (tertiary/aromatic N) is 1. The Balaban J connectivity index is 3.23. The molecule has 0 aromatic carbocycles. The number of ether oxygens (including phenoxy) is 2. The lowest BCUT2D eigenvalue weighted by molar-refractivity contribution is 0.0814. The van der Waals surface area contributed by atoms with Crippen LogP contribution in [-0.4, -0.2) is 51.5 Å². The zero-order chi connectivity index (χ0) is 32.7. The number of hydrogen-bond acceptors (Lipinski definition) is 3. The van der Waals surface area contributed by atoms with E-state index in [1.165, 1.54) is 186 Å². The highest BCUT2D eigenvalue weighted by Gasteiger charge is 2.03. The second kappa shape index (κ2) is 39.8. The molecule has 0 aliphatic heterocycles. The summed E-state index contributed by atoms with van der Waals surface area (Å²) < 4.78 is 11.8. The molecule has 0 saturated carbocycles. The number of hydrogen-bond donors (Lipinski definition) is 0. The van der Waals surface area contributed by atoms with Gasteiger partial charge in [-0.15, -0.1) is 0 Å². The van der Waals surface area contributed by atoms with E-state index < -0.39 is 0 Å². The molecule has 0 radical (unpaired) electrons. The lowest BCUT2D eigenvalue weighted by Gasteiger charge is -2.16. The van der Waals surface area contributed by atoms with E-state index in [1.807, 2.05) is 0 Å². The average Bonchev–Trinajstić information content (AvgIpc) is 3.04. The van der Waals surface area contributed by atoms with Gasteiger partial charge in [0.1, 0.15) is 0 Å². The monoisotopic (exact) mass is 636 g/mol. The van der Waals surface area contributed by atoms with Gasteiger partial charge in [0.2, 0.25) is 0 Å². The minimum atomic E-state index is 0.847. The van der Waals surface area contributed by atoms with Gasteiger partial charge in [0.05, 0.1) is 13.2 Å². The van der Waals surface area contributed by atoms with Gasteiger partial charge in [-0.05, 0) is 51.5 Å². The second-order valence-corrected chi connectivity index (χ2v) is 14.4. The molecule has 0 amide bonds. The third-order valence-electron chi connectivity index (χ3n) is 9.57. The van der Waals surface area contributed by atoms with Crippen LogP contribution in [0.25, 0.3) is 0 Å². The van der Waals surface area contributed by atoms with Gasteiger partial charge in [-0.2, -0.15) is 0 Å². The Morgan fingerprint density at radius 3 is 1.16 bits per heavy atom. The molecule has 1 atom stereocenters. The van der Waals surface area contributed by atoms with Crippen molar-refractivity contribution in [2.75, 3.05) is 46.6 Å². The summed E-state index contributed by atoms with van der Waals surface area (Å²) in [6.07, 6.45) is 45.0. The van der Waals surface area contributed by atoms with Crippen LogP contribution in [-0.2, 0) is 9.47 Å². The fourth-order valence-corrected chi connectivity index (χ4v) is 6.21. The third kappa shape index (κ3) is 39.7. The molecule has 0 aliphatic carbocycles. The predicted octanol–water partition coefficient (Wildman–Crippen LogP) is 13.5. The highest BCUT2D eigenvalue weighted by atomic mass is 16.5. The first kappa shape index (κ1) is 44.6.